The van der Waals surface area contributed by atoms with E-state index in [0.717, 1.165) is 21.9 Å². The lowest BCUT2D eigenvalue weighted by Crippen LogP contribution is -2.38. The number of carbonyl (C=O) groups excluding carboxylic acids is 1. The SMILES string of the molecule is CC(Sc1nc(C(C)(C)C)nc2c1c(=O)n(C)c(=O)n2C)C(=O)NC(C)c1ccc(F)cc1. The zero-order chi connectivity index (χ0) is 24.7. The van der Waals surface area contributed by atoms with Crippen molar-refractivity contribution in [1.29, 1.82) is 0 Å². The van der Waals surface area contributed by atoms with Crippen LogP contribution in [0.15, 0.2) is 38.9 Å². The normalized spacial score (nSPS) is 13.7. The molecule has 0 aliphatic carbocycles. The molecular formula is C23H28FN5O3S. The van der Waals surface area contributed by atoms with Crippen molar-refractivity contribution in [2.45, 2.75) is 56.4 Å². The predicted octanol–water partition coefficient (Wildman–Crippen LogP) is 2.82. The molecule has 0 bridgehead atoms. The Bertz CT molecular complexity index is 1330. The number of aryl methyl sites for hydroxylation is 1. The summed E-state index contributed by atoms with van der Waals surface area (Å²) in [7, 11) is 2.95. The first-order chi connectivity index (χ1) is 15.3. The summed E-state index contributed by atoms with van der Waals surface area (Å²) < 4.78 is 15.5. The van der Waals surface area contributed by atoms with E-state index in [1.807, 2.05) is 27.7 Å². The van der Waals surface area contributed by atoms with Gasteiger partial charge in [-0.05, 0) is 31.5 Å². The smallest absolute Gasteiger partial charge is 0.332 e. The molecule has 2 aromatic heterocycles. The highest BCUT2D eigenvalue weighted by atomic mass is 32.2. The van der Waals surface area contributed by atoms with Gasteiger partial charge in [0.15, 0.2) is 5.65 Å². The molecule has 33 heavy (non-hydrogen) atoms. The summed E-state index contributed by atoms with van der Waals surface area (Å²) in [4.78, 5) is 47.4. The van der Waals surface area contributed by atoms with Gasteiger partial charge in [0.2, 0.25) is 5.91 Å². The Hall–Kier alpha value is -3.01. The predicted molar refractivity (Wildman–Crippen MR) is 127 cm³/mol. The third kappa shape index (κ3) is 5.00. The Morgan fingerprint density at radius 1 is 1.06 bits per heavy atom. The first kappa shape index (κ1) is 24.6. The summed E-state index contributed by atoms with van der Waals surface area (Å²) in [6.45, 7) is 9.33. The second-order valence-electron chi connectivity index (χ2n) is 9.05. The molecule has 0 saturated heterocycles. The van der Waals surface area contributed by atoms with E-state index in [1.54, 1.807) is 26.1 Å². The molecule has 1 N–H and O–H groups in total. The molecule has 176 valence electrons. The van der Waals surface area contributed by atoms with E-state index in [0.29, 0.717) is 10.9 Å². The van der Waals surface area contributed by atoms with Crippen LogP contribution in [0, 0.1) is 5.82 Å². The number of benzene rings is 1. The van der Waals surface area contributed by atoms with Crippen LogP contribution < -0.4 is 16.6 Å². The van der Waals surface area contributed by atoms with E-state index in [9.17, 15) is 18.8 Å². The fourth-order valence-electron chi connectivity index (χ4n) is 3.24. The number of thioether (sulfide) groups is 1. The van der Waals surface area contributed by atoms with E-state index in [4.69, 9.17) is 0 Å². The first-order valence-electron chi connectivity index (χ1n) is 10.5. The van der Waals surface area contributed by atoms with Gasteiger partial charge in [-0.2, -0.15) is 0 Å². The number of carbonyl (C=O) groups is 1. The number of nitrogens with one attached hydrogen (secondary N) is 1. The largest absolute Gasteiger partial charge is 0.349 e. The highest BCUT2D eigenvalue weighted by Crippen LogP contribution is 2.30. The van der Waals surface area contributed by atoms with Gasteiger partial charge >= 0.3 is 5.69 Å². The standard InChI is InChI=1S/C23H28FN5O3S/c1-12(14-8-10-15(24)11-9-14)25-18(30)13(2)33-19-16-17(26-21(27-19)23(3,4)5)28(6)22(32)29(7)20(16)31/h8-13H,1-7H3,(H,25,30). The molecule has 0 radical (unpaired) electrons. The maximum absolute atomic E-state index is 13.2. The minimum atomic E-state index is -0.597. The van der Waals surface area contributed by atoms with Crippen LogP contribution in [-0.2, 0) is 24.3 Å². The maximum atomic E-state index is 13.2. The second-order valence-corrected chi connectivity index (χ2v) is 10.4. The molecule has 0 saturated carbocycles. The van der Waals surface area contributed by atoms with Crippen molar-refractivity contribution in [3.05, 3.63) is 62.3 Å². The number of nitrogens with zero attached hydrogens (tertiary/aromatic N) is 4. The average Bonchev–Trinajstić information content (AvgIpc) is 2.75. The van der Waals surface area contributed by atoms with E-state index in [-0.39, 0.29) is 28.8 Å². The fourth-order valence-corrected chi connectivity index (χ4v) is 4.18. The topological polar surface area (TPSA) is 98.9 Å². The molecule has 0 fully saturated rings. The molecular weight excluding hydrogens is 445 g/mol. The molecule has 1 aromatic carbocycles. The second kappa shape index (κ2) is 9.09. The molecule has 1 amide bonds. The lowest BCUT2D eigenvalue weighted by atomic mass is 9.96. The van der Waals surface area contributed by atoms with Gasteiger partial charge in [0.25, 0.3) is 5.56 Å². The summed E-state index contributed by atoms with van der Waals surface area (Å²) >= 11 is 1.14. The van der Waals surface area contributed by atoms with Crippen LogP contribution in [0.3, 0.4) is 0 Å². The van der Waals surface area contributed by atoms with Crippen LogP contribution in [0.25, 0.3) is 11.0 Å². The molecule has 3 rings (SSSR count). The molecule has 2 unspecified atom stereocenters. The summed E-state index contributed by atoms with van der Waals surface area (Å²) in [5.74, 6) is -0.141. The first-order valence-corrected chi connectivity index (χ1v) is 11.4. The van der Waals surface area contributed by atoms with Gasteiger partial charge in [-0.1, -0.05) is 44.7 Å². The zero-order valence-electron chi connectivity index (χ0n) is 19.8. The highest BCUT2D eigenvalue weighted by Gasteiger charge is 2.26. The Morgan fingerprint density at radius 3 is 2.24 bits per heavy atom. The number of halogens is 1. The van der Waals surface area contributed by atoms with Gasteiger partial charge in [0.05, 0.1) is 11.3 Å². The number of rotatable bonds is 5. The number of aromatic nitrogens is 4. The van der Waals surface area contributed by atoms with Crippen molar-refractivity contribution < 1.29 is 9.18 Å². The quantitative estimate of drug-likeness (QED) is 0.452. The molecule has 2 atom stereocenters. The van der Waals surface area contributed by atoms with E-state index in [2.05, 4.69) is 15.3 Å². The number of fused-ring (bicyclic) bond motifs is 1. The van der Waals surface area contributed by atoms with E-state index >= 15 is 0 Å². The van der Waals surface area contributed by atoms with Crippen LogP contribution in [0.2, 0.25) is 0 Å². The summed E-state index contributed by atoms with van der Waals surface area (Å²) in [5, 5.41) is 2.86. The van der Waals surface area contributed by atoms with E-state index < -0.39 is 21.9 Å². The van der Waals surface area contributed by atoms with Crippen molar-refractivity contribution in [1.82, 2.24) is 24.4 Å². The third-order valence-electron chi connectivity index (χ3n) is 5.32. The minimum Gasteiger partial charge on any atom is -0.349 e. The molecule has 0 spiro atoms. The number of hydrogen-bond acceptors (Lipinski definition) is 6. The zero-order valence-corrected chi connectivity index (χ0v) is 20.6. The van der Waals surface area contributed by atoms with Crippen molar-refractivity contribution in [2.24, 2.45) is 14.1 Å². The molecule has 0 aliphatic rings. The lowest BCUT2D eigenvalue weighted by molar-refractivity contribution is -0.120. The van der Waals surface area contributed by atoms with Crippen LogP contribution in [0.5, 0.6) is 0 Å². The molecule has 10 heteroatoms. The van der Waals surface area contributed by atoms with Crippen LogP contribution in [-0.4, -0.2) is 30.3 Å². The number of amides is 1. The Kier molecular flexibility index (Phi) is 6.78. The van der Waals surface area contributed by atoms with Crippen LogP contribution >= 0.6 is 11.8 Å². The van der Waals surface area contributed by atoms with Gasteiger partial charge < -0.3 is 5.32 Å². The molecule has 3 aromatic rings. The van der Waals surface area contributed by atoms with Crippen LogP contribution in [0.4, 0.5) is 4.39 Å². The summed E-state index contributed by atoms with van der Waals surface area (Å²) in [6.07, 6.45) is 0. The number of hydrogen-bond donors (Lipinski definition) is 1. The van der Waals surface area contributed by atoms with Crippen molar-refractivity contribution in [3.8, 4) is 0 Å². The van der Waals surface area contributed by atoms with Crippen molar-refractivity contribution in [2.75, 3.05) is 0 Å². The van der Waals surface area contributed by atoms with Crippen LogP contribution in [0.1, 0.15) is 52.0 Å². The van der Waals surface area contributed by atoms with Crippen molar-refractivity contribution in [3.63, 3.8) is 0 Å². The van der Waals surface area contributed by atoms with Gasteiger partial charge in [-0.3, -0.25) is 18.7 Å². The maximum Gasteiger partial charge on any atom is 0.332 e. The van der Waals surface area contributed by atoms with Gasteiger partial charge in [-0.15, -0.1) is 0 Å². The van der Waals surface area contributed by atoms with Crippen molar-refractivity contribution >= 4 is 28.7 Å². The lowest BCUT2D eigenvalue weighted by Gasteiger charge is -2.21. The molecule has 2 heterocycles. The Balaban J connectivity index is 2.00. The highest BCUT2D eigenvalue weighted by molar-refractivity contribution is 8.00. The average molecular weight is 474 g/mol. The third-order valence-corrected chi connectivity index (χ3v) is 6.41. The minimum absolute atomic E-state index is 0.198. The van der Waals surface area contributed by atoms with Gasteiger partial charge in [-0.25, -0.2) is 19.2 Å². The molecule has 8 nitrogen and oxygen atoms in total. The summed E-state index contributed by atoms with van der Waals surface area (Å²) in [6, 6.07) is 5.60. The monoisotopic (exact) mass is 473 g/mol. The van der Waals surface area contributed by atoms with Gasteiger partial charge in [0, 0.05) is 19.5 Å². The summed E-state index contributed by atoms with van der Waals surface area (Å²) in [5.41, 5.74) is -0.432. The van der Waals surface area contributed by atoms with E-state index in [1.165, 1.54) is 23.7 Å². The molecule has 0 aliphatic heterocycles. The van der Waals surface area contributed by atoms with Gasteiger partial charge in [0.1, 0.15) is 22.1 Å². The Labute approximate surface area is 195 Å². The Morgan fingerprint density at radius 2 is 1.67 bits per heavy atom. The fraction of sp³-hybridized carbons (Fsp3) is 0.435.